The molecule has 0 bridgehead atoms. The Bertz CT molecular complexity index is 293. The third kappa shape index (κ3) is 4.26. The molecule has 0 aromatic heterocycles. The van der Waals surface area contributed by atoms with Crippen LogP contribution in [0.4, 0.5) is 0 Å². The maximum absolute atomic E-state index is 8.91. The van der Waals surface area contributed by atoms with Gasteiger partial charge < -0.3 is 5.11 Å². The highest BCUT2D eigenvalue weighted by Crippen LogP contribution is 2.10. The molecule has 0 fully saturated rings. The van der Waals surface area contributed by atoms with Gasteiger partial charge >= 0.3 is 0 Å². The Labute approximate surface area is 91.7 Å². The average Bonchev–Trinajstić information content (AvgIpc) is 2.25. The molecule has 0 aliphatic carbocycles. The quantitative estimate of drug-likeness (QED) is 0.736. The third-order valence-corrected chi connectivity index (χ3v) is 2.41. The zero-order valence-corrected chi connectivity index (χ0v) is 9.43. The minimum Gasteiger partial charge on any atom is -0.396 e. The van der Waals surface area contributed by atoms with Gasteiger partial charge in [0, 0.05) is 12.8 Å². The van der Waals surface area contributed by atoms with Gasteiger partial charge in [0.25, 0.3) is 0 Å². The molecule has 0 aliphatic rings. The van der Waals surface area contributed by atoms with Crippen molar-refractivity contribution >= 4 is 6.21 Å². The summed E-state index contributed by atoms with van der Waals surface area (Å²) in [5.74, 6) is 0.470. The van der Waals surface area contributed by atoms with E-state index in [0.29, 0.717) is 5.92 Å². The highest BCUT2D eigenvalue weighted by Gasteiger charge is 2.09. The standard InChI is InChI=1S/C13H19NO/c1-11(2)13(8-9-15)14-10-12-6-4-3-5-7-12/h3-7,10-11,13,15H,8-9H2,1-2H3. The fraction of sp³-hybridized carbons (Fsp3) is 0.462. The molecule has 0 amide bonds. The molecule has 0 aliphatic heterocycles. The SMILES string of the molecule is CC(C)C(CCO)N=Cc1ccccc1. The van der Waals surface area contributed by atoms with E-state index < -0.39 is 0 Å². The number of aliphatic hydroxyl groups excluding tert-OH is 1. The van der Waals surface area contributed by atoms with Gasteiger partial charge in [-0.15, -0.1) is 0 Å². The van der Waals surface area contributed by atoms with Gasteiger partial charge in [-0.25, -0.2) is 0 Å². The van der Waals surface area contributed by atoms with Gasteiger partial charge in [0.05, 0.1) is 6.04 Å². The molecular formula is C13H19NO. The number of hydrogen-bond donors (Lipinski definition) is 1. The highest BCUT2D eigenvalue weighted by atomic mass is 16.3. The van der Waals surface area contributed by atoms with E-state index in [-0.39, 0.29) is 12.6 Å². The zero-order valence-electron chi connectivity index (χ0n) is 9.43. The maximum atomic E-state index is 8.91. The first-order chi connectivity index (χ1) is 7.24. The number of nitrogens with zero attached hydrogens (tertiary/aromatic N) is 1. The molecule has 0 spiro atoms. The molecule has 0 saturated heterocycles. The van der Waals surface area contributed by atoms with Gasteiger partial charge in [0.15, 0.2) is 0 Å². The lowest BCUT2D eigenvalue weighted by Gasteiger charge is -2.14. The summed E-state index contributed by atoms with van der Waals surface area (Å²) >= 11 is 0. The van der Waals surface area contributed by atoms with Crippen molar-refractivity contribution in [2.45, 2.75) is 26.3 Å². The van der Waals surface area contributed by atoms with Crippen LogP contribution in [0.25, 0.3) is 0 Å². The first-order valence-electron chi connectivity index (χ1n) is 5.43. The average molecular weight is 205 g/mol. The monoisotopic (exact) mass is 205 g/mol. The number of aliphatic imine (C=N–C) groups is 1. The van der Waals surface area contributed by atoms with Crippen LogP contribution in [0.3, 0.4) is 0 Å². The van der Waals surface area contributed by atoms with Crippen LogP contribution in [-0.2, 0) is 0 Å². The Morgan fingerprint density at radius 2 is 1.93 bits per heavy atom. The van der Waals surface area contributed by atoms with Crippen LogP contribution in [0.1, 0.15) is 25.8 Å². The van der Waals surface area contributed by atoms with Crippen molar-refractivity contribution in [1.29, 1.82) is 0 Å². The van der Waals surface area contributed by atoms with E-state index in [2.05, 4.69) is 18.8 Å². The smallest absolute Gasteiger partial charge is 0.0544 e. The summed E-state index contributed by atoms with van der Waals surface area (Å²) in [4.78, 5) is 4.50. The Hall–Kier alpha value is -1.15. The lowest BCUT2D eigenvalue weighted by atomic mass is 10.0. The Morgan fingerprint density at radius 1 is 1.27 bits per heavy atom. The molecule has 82 valence electrons. The Morgan fingerprint density at radius 3 is 2.47 bits per heavy atom. The summed E-state index contributed by atoms with van der Waals surface area (Å²) in [5.41, 5.74) is 1.11. The third-order valence-electron chi connectivity index (χ3n) is 2.41. The Kier molecular flexibility index (Phi) is 5.05. The normalized spacial score (nSPS) is 13.6. The van der Waals surface area contributed by atoms with Gasteiger partial charge in [0.1, 0.15) is 0 Å². The topological polar surface area (TPSA) is 32.6 Å². The molecule has 0 saturated carbocycles. The number of benzene rings is 1. The summed E-state index contributed by atoms with van der Waals surface area (Å²) < 4.78 is 0. The molecule has 1 atom stereocenters. The van der Waals surface area contributed by atoms with E-state index in [1.165, 1.54) is 0 Å². The van der Waals surface area contributed by atoms with Crippen molar-refractivity contribution in [2.75, 3.05) is 6.61 Å². The van der Waals surface area contributed by atoms with E-state index in [1.54, 1.807) is 0 Å². The summed E-state index contributed by atoms with van der Waals surface area (Å²) in [7, 11) is 0. The highest BCUT2D eigenvalue weighted by molar-refractivity contribution is 5.79. The van der Waals surface area contributed by atoms with E-state index in [1.807, 2.05) is 36.5 Å². The van der Waals surface area contributed by atoms with Crippen molar-refractivity contribution in [3.63, 3.8) is 0 Å². The predicted octanol–water partition coefficient (Wildman–Crippen LogP) is 2.51. The molecule has 1 unspecified atom stereocenters. The van der Waals surface area contributed by atoms with Crippen LogP contribution < -0.4 is 0 Å². The van der Waals surface area contributed by atoms with Gasteiger partial charge in [-0.2, -0.15) is 0 Å². The summed E-state index contributed by atoms with van der Waals surface area (Å²) in [5, 5.41) is 8.91. The Balaban J connectivity index is 2.61. The van der Waals surface area contributed by atoms with Gasteiger partial charge in [-0.05, 0) is 17.9 Å². The predicted molar refractivity (Wildman–Crippen MR) is 64.4 cm³/mol. The van der Waals surface area contributed by atoms with Gasteiger partial charge in [-0.3, -0.25) is 4.99 Å². The lowest BCUT2D eigenvalue weighted by molar-refractivity contribution is 0.263. The summed E-state index contributed by atoms with van der Waals surface area (Å²) in [6.07, 6.45) is 2.63. The van der Waals surface area contributed by atoms with Crippen LogP contribution >= 0.6 is 0 Å². The molecule has 15 heavy (non-hydrogen) atoms. The second kappa shape index (κ2) is 6.36. The number of aliphatic hydroxyl groups is 1. The molecule has 0 heterocycles. The van der Waals surface area contributed by atoms with Crippen LogP contribution in [0.5, 0.6) is 0 Å². The van der Waals surface area contributed by atoms with Crippen molar-refractivity contribution < 1.29 is 5.11 Å². The van der Waals surface area contributed by atoms with Crippen LogP contribution in [-0.4, -0.2) is 24.0 Å². The first-order valence-corrected chi connectivity index (χ1v) is 5.43. The molecular weight excluding hydrogens is 186 g/mol. The van der Waals surface area contributed by atoms with Crippen molar-refractivity contribution in [3.05, 3.63) is 35.9 Å². The molecule has 2 nitrogen and oxygen atoms in total. The molecule has 2 heteroatoms. The molecule has 1 aromatic carbocycles. The summed E-state index contributed by atoms with van der Waals surface area (Å²) in [6, 6.07) is 10.3. The van der Waals surface area contributed by atoms with E-state index in [4.69, 9.17) is 5.11 Å². The first kappa shape index (κ1) is 11.9. The fourth-order valence-electron chi connectivity index (χ4n) is 1.43. The largest absolute Gasteiger partial charge is 0.396 e. The zero-order chi connectivity index (χ0) is 11.1. The fourth-order valence-corrected chi connectivity index (χ4v) is 1.43. The lowest BCUT2D eigenvalue weighted by Crippen LogP contribution is -2.14. The molecule has 1 N–H and O–H groups in total. The number of rotatable bonds is 5. The van der Waals surface area contributed by atoms with Gasteiger partial charge in [0.2, 0.25) is 0 Å². The van der Waals surface area contributed by atoms with Crippen LogP contribution in [0.2, 0.25) is 0 Å². The second-order valence-corrected chi connectivity index (χ2v) is 4.01. The molecule has 1 rings (SSSR count). The minimum absolute atomic E-state index is 0.203. The van der Waals surface area contributed by atoms with Gasteiger partial charge in [-0.1, -0.05) is 44.2 Å². The van der Waals surface area contributed by atoms with Crippen molar-refractivity contribution in [1.82, 2.24) is 0 Å². The van der Waals surface area contributed by atoms with Crippen molar-refractivity contribution in [3.8, 4) is 0 Å². The van der Waals surface area contributed by atoms with Crippen molar-refractivity contribution in [2.24, 2.45) is 10.9 Å². The maximum Gasteiger partial charge on any atom is 0.0544 e. The number of hydrogen-bond acceptors (Lipinski definition) is 2. The summed E-state index contributed by atoms with van der Waals surface area (Å²) in [6.45, 7) is 4.46. The molecule has 1 aromatic rings. The van der Waals surface area contributed by atoms with E-state index in [9.17, 15) is 0 Å². The minimum atomic E-state index is 0.203. The van der Waals surface area contributed by atoms with Crippen LogP contribution in [0.15, 0.2) is 35.3 Å². The second-order valence-electron chi connectivity index (χ2n) is 4.01. The van der Waals surface area contributed by atoms with E-state index in [0.717, 1.165) is 12.0 Å². The van der Waals surface area contributed by atoms with E-state index >= 15 is 0 Å². The molecule has 0 radical (unpaired) electrons. The van der Waals surface area contributed by atoms with Crippen LogP contribution in [0, 0.1) is 5.92 Å².